The summed E-state index contributed by atoms with van der Waals surface area (Å²) in [6.07, 6.45) is 0. The Labute approximate surface area is 131 Å². The van der Waals surface area contributed by atoms with E-state index in [-0.39, 0.29) is 10.6 Å². The summed E-state index contributed by atoms with van der Waals surface area (Å²) in [4.78, 5) is 12.1. The number of rotatable bonds is 5. The number of thioether (sulfide) groups is 1. The molecule has 0 radical (unpaired) electrons. The van der Waals surface area contributed by atoms with E-state index in [1.807, 2.05) is 30.3 Å². The maximum absolute atomic E-state index is 11.9. The van der Waals surface area contributed by atoms with Gasteiger partial charge < -0.3 is 14.3 Å². The first-order valence-electron chi connectivity index (χ1n) is 6.81. The van der Waals surface area contributed by atoms with Crippen molar-refractivity contribution < 1.29 is 14.3 Å². The topological polar surface area (TPSA) is 59.7 Å². The van der Waals surface area contributed by atoms with Crippen LogP contribution in [0.2, 0.25) is 0 Å². The molecule has 0 amide bonds. The summed E-state index contributed by atoms with van der Waals surface area (Å²) in [6, 6.07) is 16.4. The molecule has 0 saturated carbocycles. The molecule has 5 heteroatoms. The van der Waals surface area contributed by atoms with Crippen molar-refractivity contribution in [2.24, 2.45) is 0 Å². The molecule has 0 unspecified atom stereocenters. The van der Waals surface area contributed by atoms with Crippen molar-refractivity contribution >= 4 is 22.7 Å². The highest BCUT2D eigenvalue weighted by Gasteiger charge is 2.13. The number of hydrogen-bond acceptors (Lipinski definition) is 5. The lowest BCUT2D eigenvalue weighted by molar-refractivity contribution is 0.344. The zero-order chi connectivity index (χ0) is 15.4. The molecule has 0 aliphatic rings. The Balaban J connectivity index is 1.70. The second-order valence-electron chi connectivity index (χ2n) is 4.57. The average molecular weight is 314 g/mol. The summed E-state index contributed by atoms with van der Waals surface area (Å²) in [5.74, 6) is 1.28. The summed E-state index contributed by atoms with van der Waals surface area (Å²) in [5.41, 5.74) is -0.143. The van der Waals surface area contributed by atoms with Gasteiger partial charge in [-0.2, -0.15) is 0 Å². The van der Waals surface area contributed by atoms with Crippen molar-refractivity contribution in [3.8, 4) is 11.5 Å². The summed E-state index contributed by atoms with van der Waals surface area (Å²) in [5, 5.41) is 10.8. The van der Waals surface area contributed by atoms with Gasteiger partial charge in [0.25, 0.3) is 0 Å². The monoisotopic (exact) mass is 314 g/mol. The third kappa shape index (κ3) is 3.09. The number of ether oxygens (including phenoxy) is 1. The fourth-order valence-corrected chi connectivity index (χ4v) is 2.84. The Morgan fingerprint density at radius 1 is 1.05 bits per heavy atom. The molecule has 0 aliphatic heterocycles. The fraction of sp³-hybridized carbons (Fsp3) is 0.118. The maximum Gasteiger partial charge on any atom is 0.353 e. The van der Waals surface area contributed by atoms with Crippen LogP contribution in [0.25, 0.3) is 11.0 Å². The van der Waals surface area contributed by atoms with Crippen LogP contribution in [0.3, 0.4) is 0 Å². The van der Waals surface area contributed by atoms with E-state index < -0.39 is 5.63 Å². The number of fused-ring (bicyclic) bond motifs is 1. The molecule has 0 bridgehead atoms. The van der Waals surface area contributed by atoms with Gasteiger partial charge in [0.15, 0.2) is 0 Å². The summed E-state index contributed by atoms with van der Waals surface area (Å²) in [6.45, 7) is 0.431. The molecule has 1 N–H and O–H groups in total. The molecule has 0 saturated heterocycles. The number of benzene rings is 2. The molecule has 112 valence electrons. The van der Waals surface area contributed by atoms with Gasteiger partial charge in [-0.3, -0.25) is 0 Å². The van der Waals surface area contributed by atoms with Crippen LogP contribution in [0, 0.1) is 0 Å². The molecule has 0 fully saturated rings. The van der Waals surface area contributed by atoms with Crippen molar-refractivity contribution in [1.82, 2.24) is 0 Å². The average Bonchev–Trinajstić information content (AvgIpc) is 2.55. The molecule has 3 aromatic rings. The normalized spacial score (nSPS) is 10.7. The number of aromatic hydroxyl groups is 1. The SMILES string of the molecule is O=c1oc2ccccc2c(O)c1SCCOc1ccccc1. The van der Waals surface area contributed by atoms with E-state index in [2.05, 4.69) is 0 Å². The minimum Gasteiger partial charge on any atom is -0.506 e. The Bertz CT molecular complexity index is 827. The van der Waals surface area contributed by atoms with Crippen LogP contribution >= 0.6 is 11.8 Å². The quantitative estimate of drug-likeness (QED) is 0.442. The number of para-hydroxylation sites is 2. The maximum atomic E-state index is 11.9. The van der Waals surface area contributed by atoms with Gasteiger partial charge in [-0.25, -0.2) is 4.79 Å². The highest BCUT2D eigenvalue weighted by Crippen LogP contribution is 2.32. The van der Waals surface area contributed by atoms with Gasteiger partial charge in [0.05, 0.1) is 12.0 Å². The van der Waals surface area contributed by atoms with Crippen molar-refractivity contribution in [2.45, 2.75) is 4.90 Å². The van der Waals surface area contributed by atoms with E-state index >= 15 is 0 Å². The van der Waals surface area contributed by atoms with Crippen molar-refractivity contribution in [3.63, 3.8) is 0 Å². The standard InChI is InChI=1S/C17H14O4S/c18-15-13-8-4-5-9-14(13)21-17(19)16(15)22-11-10-20-12-6-2-1-3-7-12/h1-9,18H,10-11H2. The van der Waals surface area contributed by atoms with Crippen molar-refractivity contribution in [2.75, 3.05) is 12.4 Å². The molecule has 2 aromatic carbocycles. The van der Waals surface area contributed by atoms with Gasteiger partial charge in [-0.15, -0.1) is 11.8 Å². The van der Waals surface area contributed by atoms with E-state index in [4.69, 9.17) is 9.15 Å². The van der Waals surface area contributed by atoms with Gasteiger partial charge in [-0.1, -0.05) is 30.3 Å². The lowest BCUT2D eigenvalue weighted by atomic mass is 10.2. The Morgan fingerprint density at radius 2 is 1.77 bits per heavy atom. The highest BCUT2D eigenvalue weighted by atomic mass is 32.2. The van der Waals surface area contributed by atoms with E-state index in [1.165, 1.54) is 11.8 Å². The molecule has 22 heavy (non-hydrogen) atoms. The summed E-state index contributed by atoms with van der Waals surface area (Å²) in [7, 11) is 0. The predicted octanol–water partition coefficient (Wildman–Crippen LogP) is 3.67. The van der Waals surface area contributed by atoms with Gasteiger partial charge in [0, 0.05) is 5.75 Å². The second kappa shape index (κ2) is 6.58. The van der Waals surface area contributed by atoms with E-state index in [0.29, 0.717) is 23.3 Å². The van der Waals surface area contributed by atoms with Crippen LogP contribution in [0.5, 0.6) is 11.5 Å². The molecule has 0 aliphatic carbocycles. The molecular weight excluding hydrogens is 300 g/mol. The first kappa shape index (κ1) is 14.5. The summed E-state index contributed by atoms with van der Waals surface area (Å²) < 4.78 is 10.8. The second-order valence-corrected chi connectivity index (χ2v) is 5.68. The third-order valence-corrected chi connectivity index (χ3v) is 4.11. The molecule has 0 atom stereocenters. The van der Waals surface area contributed by atoms with Crippen LogP contribution < -0.4 is 10.4 Å². The van der Waals surface area contributed by atoms with Crippen LogP contribution in [-0.4, -0.2) is 17.5 Å². The van der Waals surface area contributed by atoms with Crippen LogP contribution in [-0.2, 0) is 0 Å². The molecular formula is C17H14O4S. The Kier molecular flexibility index (Phi) is 4.34. The minimum absolute atomic E-state index is 0.0310. The predicted molar refractivity (Wildman–Crippen MR) is 86.8 cm³/mol. The Hall–Kier alpha value is -2.40. The van der Waals surface area contributed by atoms with Crippen LogP contribution in [0.1, 0.15) is 0 Å². The molecule has 4 nitrogen and oxygen atoms in total. The van der Waals surface area contributed by atoms with Crippen LogP contribution in [0.15, 0.2) is 68.7 Å². The van der Waals surface area contributed by atoms with E-state index in [1.54, 1.807) is 24.3 Å². The lowest BCUT2D eigenvalue weighted by Crippen LogP contribution is -2.06. The number of hydrogen-bond donors (Lipinski definition) is 1. The highest BCUT2D eigenvalue weighted by molar-refractivity contribution is 7.99. The first-order chi connectivity index (χ1) is 10.8. The van der Waals surface area contributed by atoms with Gasteiger partial charge in [-0.05, 0) is 24.3 Å². The minimum atomic E-state index is -0.527. The van der Waals surface area contributed by atoms with Gasteiger partial charge in [0.2, 0.25) is 0 Å². The molecule has 3 rings (SSSR count). The van der Waals surface area contributed by atoms with Gasteiger partial charge in [0.1, 0.15) is 22.0 Å². The zero-order valence-electron chi connectivity index (χ0n) is 11.7. The van der Waals surface area contributed by atoms with Crippen LogP contribution in [0.4, 0.5) is 0 Å². The Morgan fingerprint density at radius 3 is 2.59 bits per heavy atom. The molecule has 1 heterocycles. The van der Waals surface area contributed by atoms with E-state index in [0.717, 1.165) is 5.75 Å². The largest absolute Gasteiger partial charge is 0.506 e. The van der Waals surface area contributed by atoms with Crippen molar-refractivity contribution in [3.05, 3.63) is 65.0 Å². The molecule has 1 aromatic heterocycles. The van der Waals surface area contributed by atoms with Gasteiger partial charge >= 0.3 is 5.63 Å². The smallest absolute Gasteiger partial charge is 0.353 e. The third-order valence-electron chi connectivity index (χ3n) is 3.09. The fourth-order valence-electron chi connectivity index (χ4n) is 2.06. The zero-order valence-corrected chi connectivity index (χ0v) is 12.5. The molecule has 0 spiro atoms. The first-order valence-corrected chi connectivity index (χ1v) is 7.80. The lowest BCUT2D eigenvalue weighted by Gasteiger charge is -2.07. The summed E-state index contributed by atoms with van der Waals surface area (Å²) >= 11 is 1.23. The van der Waals surface area contributed by atoms with Crippen molar-refractivity contribution in [1.29, 1.82) is 0 Å². The van der Waals surface area contributed by atoms with E-state index in [9.17, 15) is 9.90 Å².